The first-order chi connectivity index (χ1) is 12.1. The van der Waals surface area contributed by atoms with Crippen LogP contribution >= 0.6 is 22.9 Å². The molecule has 0 aliphatic carbocycles. The van der Waals surface area contributed by atoms with Gasteiger partial charge in [0, 0.05) is 11.8 Å². The number of para-hydroxylation sites is 1. The molecular weight excluding hydrogens is 360 g/mol. The fourth-order valence-corrected chi connectivity index (χ4v) is 3.04. The zero-order valence-electron chi connectivity index (χ0n) is 13.0. The van der Waals surface area contributed by atoms with Gasteiger partial charge in [0.1, 0.15) is 27.5 Å². The fourth-order valence-electron chi connectivity index (χ4n) is 2.15. The minimum atomic E-state index is -0.381. The zero-order chi connectivity index (χ0) is 17.8. The Hall–Kier alpha value is -2.95. The Bertz CT molecular complexity index is 964. The number of methoxy groups -OCH3 is 1. The summed E-state index contributed by atoms with van der Waals surface area (Å²) >= 11 is 6.81. The second kappa shape index (κ2) is 7.30. The number of hydrogen-bond donors (Lipinski definition) is 1. The van der Waals surface area contributed by atoms with Gasteiger partial charge in [0.15, 0.2) is 5.13 Å². The van der Waals surface area contributed by atoms with Crippen molar-refractivity contribution in [3.63, 3.8) is 0 Å². The molecule has 3 rings (SSSR count). The van der Waals surface area contributed by atoms with Crippen LogP contribution in [0.3, 0.4) is 0 Å². The minimum absolute atomic E-state index is 0.302. The molecular formula is C17H11ClN4O2S. The van der Waals surface area contributed by atoms with Crippen LogP contribution < -0.4 is 10.1 Å². The first-order valence-electron chi connectivity index (χ1n) is 7.09. The van der Waals surface area contributed by atoms with E-state index in [4.69, 9.17) is 16.3 Å². The van der Waals surface area contributed by atoms with E-state index in [1.165, 1.54) is 12.3 Å². The van der Waals surface area contributed by atoms with Crippen LogP contribution in [0.15, 0.2) is 42.6 Å². The number of carbonyl (C=O) groups is 1. The van der Waals surface area contributed by atoms with E-state index in [2.05, 4.69) is 21.4 Å². The number of anilines is 1. The number of amides is 1. The summed E-state index contributed by atoms with van der Waals surface area (Å²) in [6, 6.07) is 12.4. The number of hydrogen-bond acceptors (Lipinski definition) is 6. The molecule has 0 saturated carbocycles. The standard InChI is InChI=1S/C17H11ClN4O2S/c1-24-12-5-3-2-4-11(12)15-13(8-19)25-17(21-15)22-16(23)10-6-7-14(18)20-9-10/h2-7,9H,1H3,(H,21,22,23). The molecule has 0 atom stereocenters. The first kappa shape index (κ1) is 16.9. The molecule has 2 heterocycles. The number of nitrogens with zero attached hydrogens (tertiary/aromatic N) is 3. The number of thiazole rings is 1. The predicted molar refractivity (Wildman–Crippen MR) is 96.0 cm³/mol. The van der Waals surface area contributed by atoms with Gasteiger partial charge >= 0.3 is 0 Å². The Balaban J connectivity index is 1.92. The smallest absolute Gasteiger partial charge is 0.259 e. The van der Waals surface area contributed by atoms with E-state index in [-0.39, 0.29) is 5.91 Å². The Morgan fingerprint density at radius 3 is 2.80 bits per heavy atom. The van der Waals surface area contributed by atoms with Gasteiger partial charge < -0.3 is 4.74 Å². The van der Waals surface area contributed by atoms with Crippen LogP contribution in [0.1, 0.15) is 15.2 Å². The lowest BCUT2D eigenvalue weighted by atomic mass is 10.1. The first-order valence-corrected chi connectivity index (χ1v) is 8.29. The van der Waals surface area contributed by atoms with Crippen molar-refractivity contribution in [1.29, 1.82) is 5.26 Å². The van der Waals surface area contributed by atoms with Crippen LogP contribution in [0.5, 0.6) is 5.75 Å². The molecule has 0 fully saturated rings. The molecule has 0 aliphatic heterocycles. The molecule has 0 spiro atoms. The van der Waals surface area contributed by atoms with Crippen molar-refractivity contribution in [2.75, 3.05) is 12.4 Å². The van der Waals surface area contributed by atoms with E-state index in [1.807, 2.05) is 18.2 Å². The monoisotopic (exact) mass is 370 g/mol. The lowest BCUT2D eigenvalue weighted by Crippen LogP contribution is -2.11. The van der Waals surface area contributed by atoms with Gasteiger partial charge in [0.05, 0.1) is 12.7 Å². The van der Waals surface area contributed by atoms with Gasteiger partial charge in [0.25, 0.3) is 5.91 Å². The van der Waals surface area contributed by atoms with Crippen LogP contribution in [0.4, 0.5) is 5.13 Å². The third-order valence-corrected chi connectivity index (χ3v) is 4.40. The lowest BCUT2D eigenvalue weighted by molar-refractivity contribution is 0.102. The highest BCUT2D eigenvalue weighted by Crippen LogP contribution is 2.35. The van der Waals surface area contributed by atoms with Gasteiger partial charge in [-0.05, 0) is 24.3 Å². The Labute approximate surface area is 152 Å². The summed E-state index contributed by atoms with van der Waals surface area (Å²) in [5.74, 6) is 0.220. The number of benzene rings is 1. The van der Waals surface area contributed by atoms with Crippen molar-refractivity contribution in [1.82, 2.24) is 9.97 Å². The average Bonchev–Trinajstić information content (AvgIpc) is 3.04. The highest BCUT2D eigenvalue weighted by atomic mass is 35.5. The molecule has 1 aromatic carbocycles. The molecule has 0 aliphatic rings. The van der Waals surface area contributed by atoms with Crippen LogP contribution in [0.2, 0.25) is 5.15 Å². The molecule has 0 bridgehead atoms. The van der Waals surface area contributed by atoms with Crippen LogP contribution in [0.25, 0.3) is 11.3 Å². The Morgan fingerprint density at radius 1 is 1.32 bits per heavy atom. The maximum Gasteiger partial charge on any atom is 0.259 e. The molecule has 0 unspecified atom stereocenters. The number of nitrogens with one attached hydrogen (secondary N) is 1. The molecule has 0 radical (unpaired) electrons. The van der Waals surface area contributed by atoms with Crippen molar-refractivity contribution in [2.24, 2.45) is 0 Å². The van der Waals surface area contributed by atoms with E-state index < -0.39 is 0 Å². The second-order valence-corrected chi connectivity index (χ2v) is 6.22. The number of pyridine rings is 1. The quantitative estimate of drug-likeness (QED) is 0.701. The molecule has 124 valence electrons. The number of rotatable bonds is 4. The largest absolute Gasteiger partial charge is 0.496 e. The number of aromatic nitrogens is 2. The minimum Gasteiger partial charge on any atom is -0.496 e. The summed E-state index contributed by atoms with van der Waals surface area (Å²) in [5.41, 5.74) is 1.50. The Kier molecular flexibility index (Phi) is 4.93. The summed E-state index contributed by atoms with van der Waals surface area (Å²) in [4.78, 5) is 20.9. The molecule has 0 saturated heterocycles. The molecule has 1 amide bonds. The van der Waals surface area contributed by atoms with Crippen molar-refractivity contribution in [3.8, 4) is 23.1 Å². The number of nitriles is 1. The molecule has 8 heteroatoms. The van der Waals surface area contributed by atoms with Crippen molar-refractivity contribution >= 4 is 34.0 Å². The van der Waals surface area contributed by atoms with Crippen LogP contribution in [-0.4, -0.2) is 23.0 Å². The third-order valence-electron chi connectivity index (χ3n) is 3.30. The zero-order valence-corrected chi connectivity index (χ0v) is 14.6. The maximum absolute atomic E-state index is 12.3. The van der Waals surface area contributed by atoms with Gasteiger partial charge in [0.2, 0.25) is 0 Å². The fraction of sp³-hybridized carbons (Fsp3) is 0.0588. The molecule has 25 heavy (non-hydrogen) atoms. The van der Waals surface area contributed by atoms with E-state index in [0.29, 0.717) is 37.7 Å². The summed E-state index contributed by atoms with van der Waals surface area (Å²) < 4.78 is 5.32. The molecule has 6 nitrogen and oxygen atoms in total. The SMILES string of the molecule is COc1ccccc1-c1nc(NC(=O)c2ccc(Cl)nc2)sc1C#N. The summed E-state index contributed by atoms with van der Waals surface area (Å²) in [6.07, 6.45) is 1.37. The highest BCUT2D eigenvalue weighted by molar-refractivity contribution is 7.16. The van der Waals surface area contributed by atoms with Crippen LogP contribution in [-0.2, 0) is 0 Å². The molecule has 3 aromatic rings. The number of ether oxygens (including phenoxy) is 1. The normalized spacial score (nSPS) is 10.1. The Morgan fingerprint density at radius 2 is 2.12 bits per heavy atom. The van der Waals surface area contributed by atoms with Gasteiger partial charge in [-0.15, -0.1) is 0 Å². The second-order valence-electron chi connectivity index (χ2n) is 4.83. The van der Waals surface area contributed by atoms with Gasteiger partial charge in [-0.2, -0.15) is 5.26 Å². The van der Waals surface area contributed by atoms with Crippen molar-refractivity contribution in [2.45, 2.75) is 0 Å². The number of halogens is 1. The van der Waals surface area contributed by atoms with Crippen molar-refractivity contribution in [3.05, 3.63) is 58.2 Å². The highest BCUT2D eigenvalue weighted by Gasteiger charge is 2.18. The van der Waals surface area contributed by atoms with Crippen LogP contribution in [0, 0.1) is 11.3 Å². The summed E-state index contributed by atoms with van der Waals surface area (Å²) in [7, 11) is 1.55. The molecule has 1 N–H and O–H groups in total. The number of carbonyl (C=O) groups excluding carboxylic acids is 1. The summed E-state index contributed by atoms with van der Waals surface area (Å²) in [6.45, 7) is 0. The summed E-state index contributed by atoms with van der Waals surface area (Å²) in [5, 5.41) is 12.7. The maximum atomic E-state index is 12.3. The van der Waals surface area contributed by atoms with Crippen molar-refractivity contribution < 1.29 is 9.53 Å². The topological polar surface area (TPSA) is 87.9 Å². The van der Waals surface area contributed by atoms with E-state index in [0.717, 1.165) is 11.3 Å². The lowest BCUT2D eigenvalue weighted by Gasteiger charge is -2.05. The van der Waals surface area contributed by atoms with E-state index >= 15 is 0 Å². The predicted octanol–water partition coefficient (Wildman–Crippen LogP) is 3.99. The average molecular weight is 371 g/mol. The van der Waals surface area contributed by atoms with Gasteiger partial charge in [-0.1, -0.05) is 35.1 Å². The molecule has 2 aromatic heterocycles. The van der Waals surface area contributed by atoms with Gasteiger partial charge in [-0.3, -0.25) is 10.1 Å². The van der Waals surface area contributed by atoms with Gasteiger partial charge in [-0.25, -0.2) is 9.97 Å². The third kappa shape index (κ3) is 3.60. The van der Waals surface area contributed by atoms with E-state index in [9.17, 15) is 10.1 Å². The van der Waals surface area contributed by atoms with E-state index in [1.54, 1.807) is 19.2 Å².